The number of carbonyl (C=O) groups excluding carboxylic acids is 1. The number of anilines is 2. The Labute approximate surface area is 256 Å². The van der Waals surface area contributed by atoms with Crippen LogP contribution in [0, 0.1) is 6.92 Å². The number of amides is 1. The van der Waals surface area contributed by atoms with Crippen molar-refractivity contribution in [2.24, 2.45) is 14.1 Å². The van der Waals surface area contributed by atoms with Gasteiger partial charge in [-0.2, -0.15) is 0 Å². The molecule has 44 heavy (non-hydrogen) atoms. The lowest BCUT2D eigenvalue weighted by molar-refractivity contribution is -0.128. The molecule has 0 spiro atoms. The van der Waals surface area contributed by atoms with Crippen LogP contribution in [0.5, 0.6) is 0 Å². The molecule has 5 aromatic rings. The highest BCUT2D eigenvalue weighted by Gasteiger charge is 2.28. The third-order valence-corrected chi connectivity index (χ3v) is 8.45. The molecular formula is C36H35N5O3. The number of rotatable bonds is 6. The molecule has 8 nitrogen and oxygen atoms in total. The molecule has 222 valence electrons. The molecule has 0 aliphatic carbocycles. The molecule has 6 rings (SSSR count). The summed E-state index contributed by atoms with van der Waals surface area (Å²) in [7, 11) is 5.47. The van der Waals surface area contributed by atoms with E-state index < -0.39 is 0 Å². The summed E-state index contributed by atoms with van der Waals surface area (Å²) >= 11 is 0. The highest BCUT2D eigenvalue weighted by atomic mass is 16.2. The minimum Gasteiger partial charge on any atom is -0.353 e. The van der Waals surface area contributed by atoms with Crippen LogP contribution in [-0.2, 0) is 18.9 Å². The molecule has 8 heteroatoms. The number of hydrogen-bond donors (Lipinski definition) is 2. The zero-order valence-electron chi connectivity index (χ0n) is 25.3. The summed E-state index contributed by atoms with van der Waals surface area (Å²) < 4.78 is 3.25. The zero-order valence-corrected chi connectivity index (χ0v) is 25.3. The molecule has 3 heterocycles. The first kappa shape index (κ1) is 28.9. The molecule has 0 bridgehead atoms. The Bertz CT molecular complexity index is 1980. The summed E-state index contributed by atoms with van der Waals surface area (Å²) in [4.78, 5) is 41.2. The number of carbonyl (C=O) groups is 1. The van der Waals surface area contributed by atoms with Gasteiger partial charge in [-0.1, -0.05) is 60.7 Å². The first-order valence-corrected chi connectivity index (χ1v) is 14.6. The molecule has 1 fully saturated rings. The molecule has 2 N–H and O–H groups in total. The van der Waals surface area contributed by atoms with Crippen molar-refractivity contribution >= 4 is 17.3 Å². The number of likely N-dealkylation sites (N-methyl/N-ethyl adjacent to an activating group) is 1. The number of aryl methyl sites for hydroxylation is 1. The van der Waals surface area contributed by atoms with Crippen molar-refractivity contribution in [3.63, 3.8) is 0 Å². The van der Waals surface area contributed by atoms with Crippen molar-refractivity contribution < 1.29 is 4.79 Å². The second-order valence-corrected chi connectivity index (χ2v) is 11.3. The minimum absolute atomic E-state index is 0.0105. The highest BCUT2D eigenvalue weighted by molar-refractivity contribution is 5.84. The molecule has 1 aliphatic heterocycles. The topological polar surface area (TPSA) is 88.4 Å². The summed E-state index contributed by atoms with van der Waals surface area (Å²) in [5.74, 6) is -0.0105. The van der Waals surface area contributed by atoms with Crippen molar-refractivity contribution in [1.29, 1.82) is 0 Å². The van der Waals surface area contributed by atoms with Gasteiger partial charge in [0.05, 0.1) is 5.69 Å². The number of aromatic nitrogens is 2. The Kier molecular flexibility index (Phi) is 7.76. The molecule has 1 aliphatic rings. The fourth-order valence-electron chi connectivity index (χ4n) is 6.02. The van der Waals surface area contributed by atoms with Gasteiger partial charge in [0, 0.05) is 50.2 Å². The maximum atomic E-state index is 13.6. The van der Waals surface area contributed by atoms with Crippen LogP contribution in [0.4, 0.5) is 11.4 Å². The lowest BCUT2D eigenvalue weighted by Crippen LogP contribution is -2.48. The molecular weight excluding hydrogens is 550 g/mol. The van der Waals surface area contributed by atoms with Crippen molar-refractivity contribution in [1.82, 2.24) is 19.4 Å². The van der Waals surface area contributed by atoms with Gasteiger partial charge >= 0.3 is 0 Å². The Balaban J connectivity index is 1.33. The van der Waals surface area contributed by atoms with Crippen molar-refractivity contribution in [3.8, 4) is 33.5 Å². The van der Waals surface area contributed by atoms with Gasteiger partial charge in [-0.15, -0.1) is 0 Å². The van der Waals surface area contributed by atoms with E-state index in [1.165, 1.54) is 0 Å². The molecule has 1 unspecified atom stereocenters. The van der Waals surface area contributed by atoms with Gasteiger partial charge in [0.25, 0.3) is 11.1 Å². The second kappa shape index (κ2) is 11.8. The largest absolute Gasteiger partial charge is 0.353 e. The van der Waals surface area contributed by atoms with E-state index in [0.717, 1.165) is 51.3 Å². The predicted octanol–water partition coefficient (Wildman–Crippen LogP) is 5.24. The number of nitrogens with zero attached hydrogens (tertiary/aromatic N) is 3. The molecule has 1 atom stereocenters. The van der Waals surface area contributed by atoms with Crippen molar-refractivity contribution in [2.45, 2.75) is 13.0 Å². The van der Waals surface area contributed by atoms with Gasteiger partial charge < -0.3 is 19.8 Å². The number of hydrogen-bond acceptors (Lipinski definition) is 5. The molecule has 0 radical (unpaired) electrons. The molecule has 2 aromatic heterocycles. The van der Waals surface area contributed by atoms with Crippen LogP contribution in [0.25, 0.3) is 33.5 Å². The Hall–Kier alpha value is -5.21. The van der Waals surface area contributed by atoms with Gasteiger partial charge in [0.15, 0.2) is 0 Å². The van der Waals surface area contributed by atoms with Gasteiger partial charge in [0.1, 0.15) is 11.7 Å². The number of pyridine rings is 2. The highest BCUT2D eigenvalue weighted by Crippen LogP contribution is 2.32. The third kappa shape index (κ3) is 5.36. The van der Waals surface area contributed by atoms with Crippen LogP contribution in [-0.4, -0.2) is 40.1 Å². The van der Waals surface area contributed by atoms with Crippen molar-refractivity contribution in [2.75, 3.05) is 25.5 Å². The van der Waals surface area contributed by atoms with Gasteiger partial charge in [-0.05, 0) is 72.1 Å². The fourth-order valence-corrected chi connectivity index (χ4v) is 6.02. The summed E-state index contributed by atoms with van der Waals surface area (Å²) in [6.07, 6.45) is 1.82. The van der Waals surface area contributed by atoms with E-state index in [9.17, 15) is 14.4 Å². The summed E-state index contributed by atoms with van der Waals surface area (Å²) in [5.41, 5.74) is 7.85. The van der Waals surface area contributed by atoms with Crippen molar-refractivity contribution in [3.05, 3.63) is 129 Å². The fraction of sp³-hybridized carbons (Fsp3) is 0.194. The molecule has 1 amide bonds. The van der Waals surface area contributed by atoms with Crippen LogP contribution in [0.2, 0.25) is 0 Å². The number of piperazine rings is 1. The normalized spacial score (nSPS) is 15.2. The summed E-state index contributed by atoms with van der Waals surface area (Å²) in [6, 6.07) is 28.8. The molecule has 3 aromatic carbocycles. The smallest absolute Gasteiger partial charge is 0.274 e. The Morgan fingerprint density at radius 1 is 0.750 bits per heavy atom. The van der Waals surface area contributed by atoms with Crippen LogP contribution in [0.15, 0.2) is 107 Å². The SMILES string of the molecule is Cc1c(-c2cc(Nc3ccc(C4C(=O)NCCN4C)cc3)c(=O)n(C)c2)cccc1-c1ccc(-c2ccccc2)n(C)c1=O. The quantitative estimate of drug-likeness (QED) is 0.285. The van der Waals surface area contributed by atoms with Crippen LogP contribution < -0.4 is 21.8 Å². The first-order chi connectivity index (χ1) is 21.2. The summed E-state index contributed by atoms with van der Waals surface area (Å²) in [6.45, 7) is 3.43. The third-order valence-electron chi connectivity index (χ3n) is 8.45. The molecule has 0 saturated carbocycles. The van der Waals surface area contributed by atoms with Crippen LogP contribution in [0.3, 0.4) is 0 Å². The van der Waals surface area contributed by atoms with Gasteiger partial charge in [0.2, 0.25) is 5.91 Å². The van der Waals surface area contributed by atoms with E-state index in [0.29, 0.717) is 17.8 Å². The standard InChI is InChI=1S/C36H35N5O3/c1-23-28(11-8-12-29(23)30-17-18-32(41(4)35(30)43)24-9-6-5-7-10-24)26-21-31(36(44)40(3)22-26)38-27-15-13-25(14-16-27)33-34(42)37-19-20-39(33)2/h5-18,21-22,33,38H,19-20H2,1-4H3,(H,37,42). The lowest BCUT2D eigenvalue weighted by atomic mass is 9.93. The van der Waals surface area contributed by atoms with E-state index in [-0.39, 0.29) is 23.1 Å². The maximum absolute atomic E-state index is 13.6. The maximum Gasteiger partial charge on any atom is 0.274 e. The summed E-state index contributed by atoms with van der Waals surface area (Å²) in [5, 5.41) is 6.20. The molecule has 1 saturated heterocycles. The Morgan fingerprint density at radius 2 is 1.48 bits per heavy atom. The number of benzene rings is 3. The van der Waals surface area contributed by atoms with Gasteiger partial charge in [-0.25, -0.2) is 0 Å². The van der Waals surface area contributed by atoms with E-state index in [2.05, 4.69) is 10.6 Å². The average Bonchev–Trinajstić information content (AvgIpc) is 3.02. The van der Waals surface area contributed by atoms with E-state index >= 15 is 0 Å². The average molecular weight is 586 g/mol. The first-order valence-electron chi connectivity index (χ1n) is 14.6. The van der Waals surface area contributed by atoms with E-state index in [4.69, 9.17) is 0 Å². The Morgan fingerprint density at radius 3 is 2.20 bits per heavy atom. The zero-order chi connectivity index (χ0) is 31.0. The van der Waals surface area contributed by atoms with Gasteiger partial charge in [-0.3, -0.25) is 19.3 Å². The van der Waals surface area contributed by atoms with Crippen LogP contribution in [0.1, 0.15) is 17.2 Å². The minimum atomic E-state index is -0.337. The second-order valence-electron chi connectivity index (χ2n) is 11.3. The van der Waals surface area contributed by atoms with E-state index in [1.807, 2.05) is 116 Å². The number of nitrogens with one attached hydrogen (secondary N) is 2. The van der Waals surface area contributed by atoms with E-state index in [1.54, 1.807) is 23.2 Å². The van der Waals surface area contributed by atoms with Crippen LogP contribution >= 0.6 is 0 Å². The predicted molar refractivity (Wildman–Crippen MR) is 176 cm³/mol. The monoisotopic (exact) mass is 585 g/mol. The lowest BCUT2D eigenvalue weighted by Gasteiger charge is -2.32.